The zero-order valence-electron chi connectivity index (χ0n) is 35.9. The van der Waals surface area contributed by atoms with E-state index in [9.17, 15) is 32.2 Å². The maximum Gasteiger partial charge on any atom is 0.224 e. The molecule has 1 atom stereocenters. The summed E-state index contributed by atoms with van der Waals surface area (Å²) < 4.78 is 49.8. The molecule has 20 heteroatoms. The van der Waals surface area contributed by atoms with Gasteiger partial charge in [0, 0.05) is 70.3 Å². The molecular formula is C42H54F2N10O7S. The fraction of sp³-hybridized carbons (Fsp3) is 0.429. The zero-order chi connectivity index (χ0) is 45.8. The van der Waals surface area contributed by atoms with E-state index in [2.05, 4.69) is 25.3 Å². The molecule has 2 aromatic carbocycles. The molecule has 2 amide bonds. The molecule has 0 radical (unpaired) electrons. The third-order valence-corrected chi connectivity index (χ3v) is 11.6. The Kier molecular flexibility index (Phi) is 17.3. The van der Waals surface area contributed by atoms with Gasteiger partial charge in [0.25, 0.3) is 0 Å². The van der Waals surface area contributed by atoms with Crippen LogP contribution in [0.5, 0.6) is 11.5 Å². The van der Waals surface area contributed by atoms with Gasteiger partial charge in [0.1, 0.15) is 34.8 Å². The molecule has 0 bridgehead atoms. The number of nitrogens with zero attached hydrogens (tertiary/aromatic N) is 6. The number of nitrogen functional groups attached to an aromatic ring is 2. The van der Waals surface area contributed by atoms with Gasteiger partial charge in [-0.05, 0) is 74.9 Å². The lowest BCUT2D eigenvalue weighted by Crippen LogP contribution is -2.41. The van der Waals surface area contributed by atoms with Gasteiger partial charge in [-0.2, -0.15) is 4.98 Å². The van der Waals surface area contributed by atoms with Crippen LogP contribution in [0, 0.1) is 25.5 Å². The number of nitrogens with one attached hydrogen (secondary N) is 1. The summed E-state index contributed by atoms with van der Waals surface area (Å²) in [5.41, 5.74) is 18.0. The van der Waals surface area contributed by atoms with Crippen LogP contribution in [0.3, 0.4) is 0 Å². The smallest absolute Gasteiger partial charge is 0.224 e. The van der Waals surface area contributed by atoms with Crippen LogP contribution in [0.25, 0.3) is 0 Å². The summed E-state index contributed by atoms with van der Waals surface area (Å²) in [6.07, 6.45) is 5.99. The molecule has 2 saturated heterocycles. The Morgan fingerprint density at radius 2 is 1.19 bits per heavy atom. The molecule has 6 rings (SSSR count). The number of ketones is 2. The number of methoxy groups -OCH3 is 2. The number of likely N-dealkylation sites (tertiary alicyclic amines) is 2. The minimum absolute atomic E-state index is 0.000568. The van der Waals surface area contributed by atoms with E-state index in [1.807, 2.05) is 4.90 Å². The van der Waals surface area contributed by atoms with Gasteiger partial charge < -0.3 is 41.8 Å². The van der Waals surface area contributed by atoms with Crippen LogP contribution in [0.15, 0.2) is 41.8 Å². The number of halogens is 2. The molecule has 62 heavy (non-hydrogen) atoms. The Bertz CT molecular complexity index is 2300. The van der Waals surface area contributed by atoms with Gasteiger partial charge in [-0.25, -0.2) is 23.7 Å². The standard InChI is InChI=1S/C20H24FN5O3.C15H16FN3O3S.C7H14N2O/c1-11-15(21)4-5-16(29-3)17(11)18(28)14-10-23-20(25-19(14)22)24-13-6-8-26(9-7-13)12(2)27;1-4-23(21)15-18-7-9(14(17)19-15)13(20)12-8(2)10(16)5-6-11(12)22-3;1-6(10)9-4-2-7(8)3-5-9/h4-5,10,13H,6-9H2,1-3H3,(H3,22,23,24,25);5-7H,4H2,1-3H3,(H2,17,18,19);7H,2-5,8H2,1H3. The van der Waals surface area contributed by atoms with Crippen molar-refractivity contribution in [2.45, 2.75) is 77.5 Å². The number of amides is 2. The lowest BCUT2D eigenvalue weighted by Gasteiger charge is -2.31. The molecule has 7 N–H and O–H groups in total. The van der Waals surface area contributed by atoms with E-state index in [0.29, 0.717) is 30.8 Å². The van der Waals surface area contributed by atoms with Crippen molar-refractivity contribution in [1.29, 1.82) is 0 Å². The van der Waals surface area contributed by atoms with Gasteiger partial charge >= 0.3 is 0 Å². The van der Waals surface area contributed by atoms with Crippen LogP contribution in [0.4, 0.5) is 26.4 Å². The Morgan fingerprint density at radius 1 is 0.758 bits per heavy atom. The van der Waals surface area contributed by atoms with Crippen LogP contribution in [0.1, 0.15) is 89.4 Å². The van der Waals surface area contributed by atoms with Gasteiger partial charge in [-0.15, -0.1) is 0 Å². The van der Waals surface area contributed by atoms with E-state index in [-0.39, 0.29) is 79.5 Å². The van der Waals surface area contributed by atoms with Gasteiger partial charge in [0.05, 0.1) is 47.3 Å². The lowest BCUT2D eigenvalue weighted by molar-refractivity contribution is -0.130. The highest BCUT2D eigenvalue weighted by Gasteiger charge is 2.26. The fourth-order valence-corrected chi connectivity index (χ4v) is 7.29. The van der Waals surface area contributed by atoms with E-state index >= 15 is 0 Å². The number of piperidine rings is 2. The summed E-state index contributed by atoms with van der Waals surface area (Å²) in [7, 11) is 1.42. The first-order chi connectivity index (χ1) is 29.4. The van der Waals surface area contributed by atoms with E-state index in [4.69, 9.17) is 26.7 Å². The fourth-order valence-electron chi connectivity index (χ4n) is 6.66. The topological polar surface area (TPSA) is 252 Å². The third kappa shape index (κ3) is 12.0. The quantitative estimate of drug-likeness (QED) is 0.130. The number of nitrogens with two attached hydrogens (primary N) is 3. The average Bonchev–Trinajstić information content (AvgIpc) is 3.25. The first-order valence-corrected chi connectivity index (χ1v) is 21.2. The summed E-state index contributed by atoms with van der Waals surface area (Å²) >= 11 is 0. The number of hydrogen-bond acceptors (Lipinski definition) is 15. The van der Waals surface area contributed by atoms with Crippen molar-refractivity contribution < 1.29 is 41.6 Å². The van der Waals surface area contributed by atoms with E-state index < -0.39 is 34.0 Å². The number of aromatic nitrogens is 4. The van der Waals surface area contributed by atoms with Crippen molar-refractivity contribution in [3.63, 3.8) is 0 Å². The minimum atomic E-state index is -1.38. The third-order valence-electron chi connectivity index (χ3n) is 10.4. The summed E-state index contributed by atoms with van der Waals surface area (Å²) in [6, 6.07) is 5.66. The molecule has 2 aliphatic heterocycles. The van der Waals surface area contributed by atoms with Gasteiger partial charge in [0.2, 0.25) is 34.5 Å². The molecule has 2 aromatic heterocycles. The van der Waals surface area contributed by atoms with Crippen LogP contribution in [-0.2, 0) is 20.4 Å². The number of benzene rings is 2. The maximum absolute atomic E-state index is 14.0. The largest absolute Gasteiger partial charge is 0.496 e. The summed E-state index contributed by atoms with van der Waals surface area (Å²) in [5, 5.41) is 3.25. The number of rotatable bonds is 10. The number of ether oxygens (including phenoxy) is 2. The van der Waals surface area contributed by atoms with Crippen molar-refractivity contribution in [2.24, 2.45) is 5.73 Å². The van der Waals surface area contributed by atoms with Crippen molar-refractivity contribution in [1.82, 2.24) is 29.7 Å². The Morgan fingerprint density at radius 3 is 1.60 bits per heavy atom. The van der Waals surface area contributed by atoms with Crippen LogP contribution in [-0.4, -0.2) is 116 Å². The molecule has 17 nitrogen and oxygen atoms in total. The molecule has 2 fully saturated rings. The predicted octanol–water partition coefficient (Wildman–Crippen LogP) is 4.00. The van der Waals surface area contributed by atoms with E-state index in [1.54, 1.807) is 25.7 Å². The molecule has 1 unspecified atom stereocenters. The van der Waals surface area contributed by atoms with Gasteiger partial charge in [-0.1, -0.05) is 6.92 Å². The number of carbonyl (C=O) groups is 4. The highest BCUT2D eigenvalue weighted by Crippen LogP contribution is 2.30. The van der Waals surface area contributed by atoms with Gasteiger partial charge in [0.15, 0.2) is 0 Å². The molecule has 4 aromatic rings. The molecule has 334 valence electrons. The number of carbonyl (C=O) groups excluding carboxylic acids is 4. The molecule has 0 saturated carbocycles. The second-order valence-electron chi connectivity index (χ2n) is 14.5. The highest BCUT2D eigenvalue weighted by atomic mass is 32.2. The summed E-state index contributed by atoms with van der Waals surface area (Å²) in [6.45, 7) is 10.9. The normalized spacial score (nSPS) is 14.7. The molecule has 0 spiro atoms. The Labute approximate surface area is 361 Å². The van der Waals surface area contributed by atoms with Crippen LogP contribution in [0.2, 0.25) is 0 Å². The first-order valence-electron chi connectivity index (χ1n) is 19.8. The van der Waals surface area contributed by atoms with Crippen molar-refractivity contribution in [3.8, 4) is 11.5 Å². The maximum atomic E-state index is 14.0. The second-order valence-corrected chi connectivity index (χ2v) is 16.1. The van der Waals surface area contributed by atoms with Crippen molar-refractivity contribution >= 4 is 51.8 Å². The van der Waals surface area contributed by atoms with Crippen LogP contribution < -0.4 is 32.0 Å². The minimum Gasteiger partial charge on any atom is -0.496 e. The molecular weight excluding hydrogens is 827 g/mol. The predicted molar refractivity (Wildman–Crippen MR) is 230 cm³/mol. The molecule has 0 aliphatic carbocycles. The number of anilines is 3. The summed E-state index contributed by atoms with van der Waals surface area (Å²) in [4.78, 5) is 67.7. The number of hydrogen-bond donors (Lipinski definition) is 4. The Balaban J connectivity index is 0.000000227. The SMILES string of the molecule is CC(=O)N1CCC(N)CC1.CCS(=O)c1ncc(C(=O)c2c(OC)ccc(F)c2C)c(N)n1.COc1ccc(F)c(C)c1C(=O)c1cnc(NC2CCN(C(C)=O)CC2)nc1N. The second kappa shape index (κ2) is 22.1. The monoisotopic (exact) mass is 880 g/mol. The molecule has 4 heterocycles. The zero-order valence-corrected chi connectivity index (χ0v) is 36.7. The summed E-state index contributed by atoms with van der Waals surface area (Å²) in [5.74, 6) is -0.827. The van der Waals surface area contributed by atoms with Crippen LogP contribution >= 0.6 is 0 Å². The van der Waals surface area contributed by atoms with Crippen molar-refractivity contribution in [2.75, 3.05) is 62.9 Å². The highest BCUT2D eigenvalue weighted by molar-refractivity contribution is 7.84. The van der Waals surface area contributed by atoms with E-state index in [1.165, 1.54) is 64.7 Å². The van der Waals surface area contributed by atoms with Crippen molar-refractivity contribution in [3.05, 3.63) is 81.7 Å². The average molecular weight is 881 g/mol. The van der Waals surface area contributed by atoms with E-state index in [0.717, 1.165) is 38.8 Å². The Hall–Kier alpha value is -6.15. The van der Waals surface area contributed by atoms with Gasteiger partial charge in [-0.3, -0.25) is 23.4 Å². The lowest BCUT2D eigenvalue weighted by atomic mass is 9.98. The first kappa shape index (κ1) is 48.5. The molecule has 2 aliphatic rings.